The predicted molar refractivity (Wildman–Crippen MR) is 79.0 cm³/mol. The number of nitrogens with zero attached hydrogens (tertiary/aromatic N) is 1. The monoisotopic (exact) mass is 312 g/mol. The number of halogens is 1. The molecule has 0 spiro atoms. The van der Waals surface area contributed by atoms with Crippen LogP contribution in [0.5, 0.6) is 5.75 Å². The molecule has 1 amide bonds. The van der Waals surface area contributed by atoms with Gasteiger partial charge in [-0.05, 0) is 32.3 Å². The van der Waals surface area contributed by atoms with E-state index in [9.17, 15) is 14.9 Å². The van der Waals surface area contributed by atoms with Gasteiger partial charge in [0.25, 0.3) is 5.91 Å². The first-order chi connectivity index (χ1) is 10.0. The summed E-state index contributed by atoms with van der Waals surface area (Å²) < 4.78 is 5.31. The lowest BCUT2D eigenvalue weighted by Crippen LogP contribution is -2.38. The quantitative estimate of drug-likeness (QED) is 0.515. The molecule has 114 valence electrons. The van der Waals surface area contributed by atoms with Crippen LogP contribution in [-0.2, 0) is 0 Å². The van der Waals surface area contributed by atoms with Crippen LogP contribution in [0.1, 0.15) is 36.5 Å². The Hall–Kier alpha value is -1.82. The van der Waals surface area contributed by atoms with E-state index in [-0.39, 0.29) is 40.9 Å². The number of hydrogen-bond acceptors (Lipinski definition) is 4. The van der Waals surface area contributed by atoms with Gasteiger partial charge in [0.05, 0.1) is 22.5 Å². The third-order valence-electron chi connectivity index (χ3n) is 3.47. The second-order valence-electron chi connectivity index (χ2n) is 4.87. The minimum Gasteiger partial charge on any atom is -0.487 e. The molecule has 1 aromatic carbocycles. The van der Waals surface area contributed by atoms with Crippen molar-refractivity contribution in [1.29, 1.82) is 0 Å². The predicted octanol–water partition coefficient (Wildman–Crippen LogP) is 2.88. The van der Waals surface area contributed by atoms with E-state index >= 15 is 0 Å². The molecule has 1 saturated carbocycles. The molecule has 7 heteroatoms. The normalized spacial score (nSPS) is 21.0. The number of carbonyl (C=O) groups is 1. The van der Waals surface area contributed by atoms with Crippen molar-refractivity contribution in [3.05, 3.63) is 33.9 Å². The van der Waals surface area contributed by atoms with Gasteiger partial charge in [0, 0.05) is 12.1 Å². The number of amides is 1. The van der Waals surface area contributed by atoms with E-state index in [1.807, 2.05) is 0 Å². The molecule has 0 radical (unpaired) electrons. The summed E-state index contributed by atoms with van der Waals surface area (Å²) >= 11 is 6.14. The Morgan fingerprint density at radius 1 is 1.52 bits per heavy atom. The van der Waals surface area contributed by atoms with Crippen LogP contribution in [0.25, 0.3) is 0 Å². The van der Waals surface area contributed by atoms with E-state index < -0.39 is 4.92 Å². The van der Waals surface area contributed by atoms with Crippen molar-refractivity contribution in [1.82, 2.24) is 5.32 Å². The molecule has 0 bridgehead atoms. The first kappa shape index (κ1) is 15.6. The van der Waals surface area contributed by atoms with Gasteiger partial charge in [-0.15, -0.1) is 11.6 Å². The van der Waals surface area contributed by atoms with Crippen molar-refractivity contribution in [2.75, 3.05) is 6.61 Å². The molecule has 0 heterocycles. The molecule has 0 saturated heterocycles. The summed E-state index contributed by atoms with van der Waals surface area (Å²) in [6.07, 6.45) is 2.64. The Morgan fingerprint density at radius 3 is 2.86 bits per heavy atom. The Balaban J connectivity index is 2.27. The van der Waals surface area contributed by atoms with Crippen molar-refractivity contribution >= 4 is 23.2 Å². The van der Waals surface area contributed by atoms with E-state index in [4.69, 9.17) is 16.3 Å². The van der Waals surface area contributed by atoms with Crippen LogP contribution in [0, 0.1) is 10.1 Å². The second kappa shape index (κ2) is 6.76. The summed E-state index contributed by atoms with van der Waals surface area (Å²) in [7, 11) is 0. The first-order valence-corrected chi connectivity index (χ1v) is 7.33. The minimum absolute atomic E-state index is 0.00613. The number of para-hydroxylation sites is 1. The molecule has 1 aromatic rings. The van der Waals surface area contributed by atoms with E-state index in [0.717, 1.165) is 19.3 Å². The zero-order chi connectivity index (χ0) is 15.4. The maximum atomic E-state index is 12.3. The van der Waals surface area contributed by atoms with E-state index in [2.05, 4.69) is 5.32 Å². The molecule has 1 N–H and O–H groups in total. The Labute approximate surface area is 127 Å². The van der Waals surface area contributed by atoms with Gasteiger partial charge in [-0.3, -0.25) is 14.9 Å². The van der Waals surface area contributed by atoms with Gasteiger partial charge in [-0.1, -0.05) is 6.07 Å². The van der Waals surface area contributed by atoms with Crippen LogP contribution >= 0.6 is 11.6 Å². The van der Waals surface area contributed by atoms with Crippen LogP contribution in [0.4, 0.5) is 5.69 Å². The summed E-state index contributed by atoms with van der Waals surface area (Å²) in [6, 6.07) is 4.21. The first-order valence-electron chi connectivity index (χ1n) is 6.89. The Kier molecular flexibility index (Phi) is 5.01. The summed E-state index contributed by atoms with van der Waals surface area (Å²) in [4.78, 5) is 22.8. The number of alkyl halides is 1. The lowest BCUT2D eigenvalue weighted by atomic mass is 10.1. The highest BCUT2D eigenvalue weighted by Gasteiger charge is 2.29. The molecular formula is C14H17ClN2O4. The van der Waals surface area contributed by atoms with Crippen molar-refractivity contribution < 1.29 is 14.5 Å². The molecule has 1 aliphatic carbocycles. The smallest absolute Gasteiger partial charge is 0.311 e. The van der Waals surface area contributed by atoms with Gasteiger partial charge in [0.1, 0.15) is 0 Å². The molecule has 2 rings (SSSR count). The van der Waals surface area contributed by atoms with Crippen molar-refractivity contribution in [2.45, 2.75) is 37.6 Å². The number of ether oxygens (including phenoxy) is 1. The van der Waals surface area contributed by atoms with E-state index in [0.29, 0.717) is 0 Å². The number of nitro groups is 1. The van der Waals surface area contributed by atoms with Gasteiger partial charge >= 0.3 is 5.69 Å². The zero-order valence-corrected chi connectivity index (χ0v) is 12.4. The molecule has 1 fully saturated rings. The average Bonchev–Trinajstić information content (AvgIpc) is 2.84. The number of nitrogens with one attached hydrogen (secondary N) is 1. The van der Waals surface area contributed by atoms with E-state index in [1.54, 1.807) is 6.92 Å². The average molecular weight is 313 g/mol. The fraction of sp³-hybridized carbons (Fsp3) is 0.500. The molecule has 1 aliphatic rings. The van der Waals surface area contributed by atoms with Crippen molar-refractivity contribution in [3.8, 4) is 5.75 Å². The highest BCUT2D eigenvalue weighted by atomic mass is 35.5. The SMILES string of the molecule is CCOc1c(C(=O)NC2CCCC2Cl)cccc1[N+](=O)[O-]. The zero-order valence-electron chi connectivity index (χ0n) is 11.7. The molecule has 2 unspecified atom stereocenters. The summed E-state index contributed by atoms with van der Waals surface area (Å²) in [5, 5.41) is 13.8. The molecule has 6 nitrogen and oxygen atoms in total. The Morgan fingerprint density at radius 2 is 2.29 bits per heavy atom. The van der Waals surface area contributed by atoms with Crippen molar-refractivity contribution in [2.24, 2.45) is 0 Å². The largest absolute Gasteiger partial charge is 0.487 e. The van der Waals surface area contributed by atoms with Crippen molar-refractivity contribution in [3.63, 3.8) is 0 Å². The standard InChI is InChI=1S/C14H17ClN2O4/c1-2-21-13-9(5-3-8-12(13)17(19)20)14(18)16-11-7-4-6-10(11)15/h3,5,8,10-11H,2,4,6-7H2,1H3,(H,16,18). The number of hydrogen-bond donors (Lipinski definition) is 1. The van der Waals surface area contributed by atoms with Crippen LogP contribution in [-0.4, -0.2) is 28.9 Å². The van der Waals surface area contributed by atoms with Crippen LogP contribution in [0.3, 0.4) is 0 Å². The highest BCUT2D eigenvalue weighted by molar-refractivity contribution is 6.21. The topological polar surface area (TPSA) is 81.5 Å². The van der Waals surface area contributed by atoms with Gasteiger partial charge in [-0.25, -0.2) is 0 Å². The van der Waals surface area contributed by atoms with E-state index in [1.165, 1.54) is 18.2 Å². The Bertz CT molecular complexity index is 550. The van der Waals surface area contributed by atoms with Gasteiger partial charge < -0.3 is 10.1 Å². The summed E-state index contributed by atoms with van der Waals surface area (Å²) in [5.74, 6) is -0.383. The second-order valence-corrected chi connectivity index (χ2v) is 5.43. The fourth-order valence-corrected chi connectivity index (χ4v) is 2.81. The third kappa shape index (κ3) is 3.44. The number of rotatable bonds is 5. The molecule has 0 aliphatic heterocycles. The summed E-state index contributed by atoms with van der Waals surface area (Å²) in [5.41, 5.74) is -0.0415. The molecule has 21 heavy (non-hydrogen) atoms. The summed E-state index contributed by atoms with van der Waals surface area (Å²) in [6.45, 7) is 1.96. The highest BCUT2D eigenvalue weighted by Crippen LogP contribution is 2.31. The number of nitro benzene ring substituents is 1. The maximum absolute atomic E-state index is 12.3. The van der Waals surface area contributed by atoms with Crippen LogP contribution in [0.15, 0.2) is 18.2 Å². The third-order valence-corrected chi connectivity index (χ3v) is 3.99. The number of benzene rings is 1. The van der Waals surface area contributed by atoms with Gasteiger partial charge in [0.2, 0.25) is 5.75 Å². The lowest BCUT2D eigenvalue weighted by molar-refractivity contribution is -0.385. The molecule has 0 aromatic heterocycles. The fourth-order valence-electron chi connectivity index (χ4n) is 2.47. The lowest BCUT2D eigenvalue weighted by Gasteiger charge is -2.17. The van der Waals surface area contributed by atoms with Crippen LogP contribution in [0.2, 0.25) is 0 Å². The van der Waals surface area contributed by atoms with Gasteiger partial charge in [0.15, 0.2) is 0 Å². The number of carbonyl (C=O) groups excluding carboxylic acids is 1. The molecule has 2 atom stereocenters. The molecular weight excluding hydrogens is 296 g/mol. The maximum Gasteiger partial charge on any atom is 0.311 e. The van der Waals surface area contributed by atoms with Crippen LogP contribution < -0.4 is 10.1 Å². The van der Waals surface area contributed by atoms with Gasteiger partial charge in [-0.2, -0.15) is 0 Å². The minimum atomic E-state index is -0.554.